The molecule has 6 heteroatoms. The average Bonchev–Trinajstić information content (AvgIpc) is 2.56. The van der Waals surface area contributed by atoms with Crippen molar-refractivity contribution in [3.8, 4) is 5.88 Å². The van der Waals surface area contributed by atoms with Crippen molar-refractivity contribution in [2.24, 2.45) is 4.99 Å². The molecule has 0 amide bonds. The maximum absolute atomic E-state index is 5.20. The van der Waals surface area contributed by atoms with Crippen LogP contribution in [0.25, 0.3) is 5.70 Å². The van der Waals surface area contributed by atoms with Crippen molar-refractivity contribution in [2.45, 2.75) is 4.90 Å². The van der Waals surface area contributed by atoms with E-state index < -0.39 is 0 Å². The standard InChI is InChI=1S/C16H18N4OS/c1-11(14-9-10-19-16(21-4)15(14)17-2)20-12-5-7-13(8-6-12)22-18-3/h5-10,18,20H,1-2H2,3-4H3. The zero-order chi connectivity index (χ0) is 15.9. The third-order valence-corrected chi connectivity index (χ3v) is 3.65. The Hall–Kier alpha value is -2.31. The number of nitrogens with zero attached hydrogens (tertiary/aromatic N) is 2. The fourth-order valence-corrected chi connectivity index (χ4v) is 2.45. The fraction of sp³-hybridized carbons (Fsp3) is 0.125. The summed E-state index contributed by atoms with van der Waals surface area (Å²) in [4.78, 5) is 9.24. The van der Waals surface area contributed by atoms with Gasteiger partial charge in [0.25, 0.3) is 0 Å². The number of benzene rings is 1. The number of ether oxygens (including phenoxy) is 1. The van der Waals surface area contributed by atoms with Gasteiger partial charge in [-0.15, -0.1) is 0 Å². The first-order valence-electron chi connectivity index (χ1n) is 6.59. The smallest absolute Gasteiger partial charge is 0.240 e. The molecule has 0 spiro atoms. The molecule has 0 saturated carbocycles. The lowest BCUT2D eigenvalue weighted by Gasteiger charge is -2.13. The van der Waals surface area contributed by atoms with Gasteiger partial charge >= 0.3 is 0 Å². The zero-order valence-corrected chi connectivity index (χ0v) is 13.4. The van der Waals surface area contributed by atoms with Crippen LogP contribution in [-0.4, -0.2) is 25.9 Å². The van der Waals surface area contributed by atoms with Crippen molar-refractivity contribution in [1.29, 1.82) is 0 Å². The van der Waals surface area contributed by atoms with Crippen molar-refractivity contribution >= 4 is 35.7 Å². The maximum Gasteiger partial charge on any atom is 0.240 e. The molecule has 2 aromatic rings. The van der Waals surface area contributed by atoms with Gasteiger partial charge in [0.05, 0.1) is 7.11 Å². The number of methoxy groups -OCH3 is 1. The molecule has 0 bridgehead atoms. The Bertz CT molecular complexity index is 670. The molecule has 114 valence electrons. The highest BCUT2D eigenvalue weighted by atomic mass is 32.2. The second-order valence-electron chi connectivity index (χ2n) is 4.31. The highest BCUT2D eigenvalue weighted by Crippen LogP contribution is 2.33. The van der Waals surface area contributed by atoms with Crippen LogP contribution in [0.3, 0.4) is 0 Å². The monoisotopic (exact) mass is 314 g/mol. The van der Waals surface area contributed by atoms with Crippen LogP contribution in [0.5, 0.6) is 5.88 Å². The Labute approximate surface area is 134 Å². The summed E-state index contributed by atoms with van der Waals surface area (Å²) in [6, 6.07) is 9.86. The molecular formula is C16H18N4OS. The van der Waals surface area contributed by atoms with Crippen LogP contribution in [0, 0.1) is 0 Å². The largest absolute Gasteiger partial charge is 0.479 e. The molecule has 0 aliphatic heterocycles. The van der Waals surface area contributed by atoms with Gasteiger partial charge in [-0.3, -0.25) is 9.71 Å². The van der Waals surface area contributed by atoms with Gasteiger partial charge in [-0.1, -0.05) is 6.58 Å². The highest BCUT2D eigenvalue weighted by Gasteiger charge is 2.11. The molecular weight excluding hydrogens is 296 g/mol. The van der Waals surface area contributed by atoms with Crippen LogP contribution in [0.4, 0.5) is 11.4 Å². The van der Waals surface area contributed by atoms with Crippen LogP contribution in [0.15, 0.2) is 53.0 Å². The molecule has 1 aromatic heterocycles. The normalized spacial score (nSPS) is 10.1. The van der Waals surface area contributed by atoms with Gasteiger partial charge in [-0.2, -0.15) is 0 Å². The summed E-state index contributed by atoms with van der Waals surface area (Å²) in [7, 11) is 3.44. The average molecular weight is 314 g/mol. The quantitative estimate of drug-likeness (QED) is 0.602. The summed E-state index contributed by atoms with van der Waals surface area (Å²) in [5.74, 6) is 0.427. The number of aromatic nitrogens is 1. The van der Waals surface area contributed by atoms with Gasteiger partial charge < -0.3 is 10.1 Å². The molecule has 0 saturated heterocycles. The minimum Gasteiger partial charge on any atom is -0.479 e. The summed E-state index contributed by atoms with van der Waals surface area (Å²) in [6.07, 6.45) is 1.66. The van der Waals surface area contributed by atoms with E-state index in [0.29, 0.717) is 17.3 Å². The summed E-state index contributed by atoms with van der Waals surface area (Å²) in [5.41, 5.74) is 3.02. The van der Waals surface area contributed by atoms with Crippen LogP contribution >= 0.6 is 11.9 Å². The Kier molecular flexibility index (Phi) is 5.57. The molecule has 1 heterocycles. The number of pyridine rings is 1. The van der Waals surface area contributed by atoms with E-state index in [1.807, 2.05) is 37.4 Å². The van der Waals surface area contributed by atoms with Crippen molar-refractivity contribution < 1.29 is 4.74 Å². The number of rotatable bonds is 7. The van der Waals surface area contributed by atoms with E-state index in [1.165, 1.54) is 0 Å². The molecule has 1 aromatic carbocycles. The minimum atomic E-state index is 0.427. The Morgan fingerprint density at radius 2 is 2.00 bits per heavy atom. The third-order valence-electron chi connectivity index (χ3n) is 2.94. The first kappa shape index (κ1) is 16.1. The third kappa shape index (κ3) is 3.66. The minimum absolute atomic E-state index is 0.427. The van der Waals surface area contributed by atoms with E-state index in [4.69, 9.17) is 4.74 Å². The SMILES string of the molecule is C=Nc1c(C(=C)Nc2ccc(SNC)cc2)ccnc1OC. The van der Waals surface area contributed by atoms with Crippen LogP contribution in [0.1, 0.15) is 5.56 Å². The van der Waals surface area contributed by atoms with Crippen molar-refractivity contribution in [1.82, 2.24) is 9.71 Å². The second-order valence-corrected chi connectivity index (χ2v) is 5.39. The molecule has 0 radical (unpaired) electrons. The Balaban J connectivity index is 2.20. The van der Waals surface area contributed by atoms with E-state index in [9.17, 15) is 0 Å². The summed E-state index contributed by atoms with van der Waals surface area (Å²) in [5, 5.41) is 3.26. The summed E-state index contributed by atoms with van der Waals surface area (Å²) >= 11 is 1.56. The Morgan fingerprint density at radius 1 is 1.27 bits per heavy atom. The fourth-order valence-electron chi connectivity index (χ4n) is 1.95. The lowest BCUT2D eigenvalue weighted by molar-refractivity contribution is 0.399. The van der Waals surface area contributed by atoms with Gasteiger partial charge in [0.1, 0.15) is 5.69 Å². The molecule has 0 aliphatic rings. The molecule has 0 atom stereocenters. The summed E-state index contributed by atoms with van der Waals surface area (Å²) in [6.45, 7) is 7.64. The van der Waals surface area contributed by atoms with Crippen molar-refractivity contribution in [2.75, 3.05) is 19.5 Å². The van der Waals surface area contributed by atoms with E-state index in [2.05, 4.69) is 33.3 Å². The molecule has 5 nitrogen and oxygen atoms in total. The number of anilines is 1. The predicted molar refractivity (Wildman–Crippen MR) is 94.0 cm³/mol. The maximum atomic E-state index is 5.20. The first-order valence-corrected chi connectivity index (χ1v) is 7.41. The Morgan fingerprint density at radius 3 is 2.59 bits per heavy atom. The van der Waals surface area contributed by atoms with Gasteiger partial charge in [-0.05, 0) is 56.0 Å². The van der Waals surface area contributed by atoms with Crippen LogP contribution in [-0.2, 0) is 0 Å². The zero-order valence-electron chi connectivity index (χ0n) is 12.6. The predicted octanol–water partition coefficient (Wildman–Crippen LogP) is 3.73. The van der Waals surface area contributed by atoms with Crippen LogP contribution in [0.2, 0.25) is 0 Å². The number of hydrogen-bond acceptors (Lipinski definition) is 6. The first-order chi connectivity index (χ1) is 10.7. The van der Waals surface area contributed by atoms with E-state index in [-0.39, 0.29) is 0 Å². The topological polar surface area (TPSA) is 58.5 Å². The molecule has 2 N–H and O–H groups in total. The van der Waals surface area contributed by atoms with Gasteiger partial charge in [0, 0.05) is 28.0 Å². The number of aliphatic imine (C=N–C) groups is 1. The van der Waals surface area contributed by atoms with Gasteiger partial charge in [0.2, 0.25) is 5.88 Å². The molecule has 22 heavy (non-hydrogen) atoms. The number of hydrogen-bond donors (Lipinski definition) is 2. The lowest BCUT2D eigenvalue weighted by atomic mass is 10.1. The van der Waals surface area contributed by atoms with Gasteiger partial charge in [0.15, 0.2) is 0 Å². The molecule has 0 aliphatic carbocycles. The van der Waals surface area contributed by atoms with Crippen molar-refractivity contribution in [3.63, 3.8) is 0 Å². The highest BCUT2D eigenvalue weighted by molar-refractivity contribution is 7.97. The molecule has 2 rings (SSSR count). The second kappa shape index (κ2) is 7.63. The van der Waals surface area contributed by atoms with E-state index >= 15 is 0 Å². The summed E-state index contributed by atoms with van der Waals surface area (Å²) < 4.78 is 8.23. The van der Waals surface area contributed by atoms with Gasteiger partial charge in [-0.25, -0.2) is 4.98 Å². The van der Waals surface area contributed by atoms with E-state index in [0.717, 1.165) is 16.1 Å². The molecule has 0 unspecified atom stereocenters. The number of nitrogens with one attached hydrogen (secondary N) is 2. The van der Waals surface area contributed by atoms with E-state index in [1.54, 1.807) is 25.3 Å². The lowest BCUT2D eigenvalue weighted by Crippen LogP contribution is -2.00. The van der Waals surface area contributed by atoms with Crippen LogP contribution < -0.4 is 14.8 Å². The van der Waals surface area contributed by atoms with Crippen molar-refractivity contribution in [3.05, 3.63) is 48.7 Å². The molecule has 0 fully saturated rings.